The van der Waals surface area contributed by atoms with Crippen LogP contribution in [0.25, 0.3) is 0 Å². The summed E-state index contributed by atoms with van der Waals surface area (Å²) in [6.45, 7) is 0.795. The number of benzene rings is 2. The lowest BCUT2D eigenvalue weighted by Gasteiger charge is -2.09. The molecule has 0 bridgehead atoms. The predicted molar refractivity (Wildman–Crippen MR) is 97.0 cm³/mol. The van der Waals surface area contributed by atoms with Gasteiger partial charge < -0.3 is 16.4 Å². The number of nitrogens with zero attached hydrogens (tertiary/aromatic N) is 1. The number of nitrogens with one attached hydrogen (secondary N) is 2. The molecule has 0 fully saturated rings. The molecular formula is C16H15ClN4O2S. The highest BCUT2D eigenvalue weighted by Crippen LogP contribution is 2.25. The van der Waals surface area contributed by atoms with E-state index in [4.69, 9.17) is 17.3 Å². The zero-order valence-electron chi connectivity index (χ0n) is 12.5. The third-order valence-electron chi connectivity index (χ3n) is 3.67. The Morgan fingerprint density at radius 2 is 2.08 bits per heavy atom. The molecule has 0 aliphatic carbocycles. The summed E-state index contributed by atoms with van der Waals surface area (Å²) in [5.41, 5.74) is 9.08. The minimum atomic E-state index is -0.358. The maximum Gasteiger partial charge on any atom is 0.319 e. The van der Waals surface area contributed by atoms with Crippen molar-refractivity contribution >= 4 is 47.7 Å². The molecule has 0 aromatic heterocycles. The van der Waals surface area contributed by atoms with Gasteiger partial charge in [-0.25, -0.2) is 4.79 Å². The molecule has 3 amide bonds. The lowest BCUT2D eigenvalue weighted by Crippen LogP contribution is -2.28. The van der Waals surface area contributed by atoms with E-state index in [1.807, 2.05) is 12.1 Å². The van der Waals surface area contributed by atoms with Crippen LogP contribution in [-0.2, 0) is 13.1 Å². The SMILES string of the molecule is Nc1ccc(NC(=O)NCc2ccc3c(c2)CN(S)C3=O)cc1Cl. The molecule has 124 valence electrons. The quantitative estimate of drug-likeness (QED) is 0.500. The maximum absolute atomic E-state index is 11.9. The fourth-order valence-electron chi connectivity index (χ4n) is 2.43. The van der Waals surface area contributed by atoms with Gasteiger partial charge in [-0.15, -0.1) is 0 Å². The van der Waals surface area contributed by atoms with E-state index in [1.165, 1.54) is 4.31 Å². The van der Waals surface area contributed by atoms with Crippen molar-refractivity contribution in [1.29, 1.82) is 0 Å². The van der Waals surface area contributed by atoms with E-state index < -0.39 is 0 Å². The van der Waals surface area contributed by atoms with Crippen molar-refractivity contribution in [1.82, 2.24) is 9.62 Å². The Bertz CT molecular complexity index is 828. The number of fused-ring (bicyclic) bond motifs is 1. The van der Waals surface area contributed by atoms with Crippen molar-refractivity contribution in [3.05, 3.63) is 58.1 Å². The number of amides is 3. The summed E-state index contributed by atoms with van der Waals surface area (Å²) < 4.78 is 1.36. The van der Waals surface area contributed by atoms with Gasteiger partial charge in [-0.1, -0.05) is 36.5 Å². The summed E-state index contributed by atoms with van der Waals surface area (Å²) >= 11 is 10.0. The molecule has 0 spiro atoms. The second kappa shape index (κ2) is 6.62. The van der Waals surface area contributed by atoms with E-state index in [9.17, 15) is 9.59 Å². The summed E-state index contributed by atoms with van der Waals surface area (Å²) in [4.78, 5) is 23.7. The molecule has 2 aromatic rings. The molecule has 1 heterocycles. The topological polar surface area (TPSA) is 87.5 Å². The van der Waals surface area contributed by atoms with E-state index in [-0.39, 0.29) is 11.9 Å². The number of anilines is 2. The lowest BCUT2D eigenvalue weighted by atomic mass is 10.1. The van der Waals surface area contributed by atoms with Gasteiger partial charge in [0.25, 0.3) is 5.91 Å². The van der Waals surface area contributed by atoms with Gasteiger partial charge in [-0.2, -0.15) is 0 Å². The Labute approximate surface area is 149 Å². The first-order valence-electron chi connectivity index (χ1n) is 7.16. The predicted octanol–water partition coefficient (Wildman–Crippen LogP) is 3.04. The van der Waals surface area contributed by atoms with Gasteiger partial charge >= 0.3 is 6.03 Å². The van der Waals surface area contributed by atoms with Crippen molar-refractivity contribution in [3.63, 3.8) is 0 Å². The molecule has 24 heavy (non-hydrogen) atoms. The fourth-order valence-corrected chi connectivity index (χ4v) is 2.87. The number of urea groups is 1. The summed E-state index contributed by atoms with van der Waals surface area (Å²) in [5, 5.41) is 5.82. The molecule has 1 aliphatic heterocycles. The van der Waals surface area contributed by atoms with Gasteiger partial charge in [-0.3, -0.25) is 9.10 Å². The van der Waals surface area contributed by atoms with Crippen LogP contribution in [0, 0.1) is 0 Å². The van der Waals surface area contributed by atoms with Crippen LogP contribution < -0.4 is 16.4 Å². The van der Waals surface area contributed by atoms with Crippen LogP contribution in [0.15, 0.2) is 36.4 Å². The molecule has 0 saturated heterocycles. The number of carbonyl (C=O) groups is 2. The third-order valence-corrected chi connectivity index (χ3v) is 4.32. The number of hydrogen-bond acceptors (Lipinski definition) is 4. The molecule has 2 aromatic carbocycles. The Hall–Kier alpha value is -2.38. The first kappa shape index (κ1) is 16.5. The molecular weight excluding hydrogens is 348 g/mol. The van der Waals surface area contributed by atoms with Crippen molar-refractivity contribution in [2.75, 3.05) is 11.1 Å². The van der Waals surface area contributed by atoms with Gasteiger partial charge in [0, 0.05) is 17.8 Å². The summed E-state index contributed by atoms with van der Waals surface area (Å²) in [6, 6.07) is 9.97. The number of nitrogen functional groups attached to an aromatic ring is 1. The fraction of sp³-hybridized carbons (Fsp3) is 0.125. The van der Waals surface area contributed by atoms with E-state index in [0.717, 1.165) is 11.1 Å². The maximum atomic E-state index is 11.9. The Kier molecular flexibility index (Phi) is 4.55. The van der Waals surface area contributed by atoms with Gasteiger partial charge in [0.2, 0.25) is 0 Å². The molecule has 3 rings (SSSR count). The van der Waals surface area contributed by atoms with Crippen LogP contribution in [0.1, 0.15) is 21.5 Å². The van der Waals surface area contributed by atoms with Crippen LogP contribution in [0.2, 0.25) is 5.02 Å². The molecule has 6 nitrogen and oxygen atoms in total. The summed E-state index contributed by atoms with van der Waals surface area (Å²) in [6.07, 6.45) is 0. The zero-order chi connectivity index (χ0) is 17.3. The highest BCUT2D eigenvalue weighted by atomic mass is 35.5. The van der Waals surface area contributed by atoms with Crippen LogP contribution in [0.3, 0.4) is 0 Å². The number of halogens is 1. The molecule has 1 aliphatic rings. The number of hydrogen-bond donors (Lipinski definition) is 4. The second-order valence-corrected chi connectivity index (χ2v) is 6.29. The van der Waals surface area contributed by atoms with Crippen LogP contribution in [-0.4, -0.2) is 16.2 Å². The third kappa shape index (κ3) is 3.42. The molecule has 0 saturated carbocycles. The highest BCUT2D eigenvalue weighted by Gasteiger charge is 2.25. The van der Waals surface area contributed by atoms with E-state index in [0.29, 0.717) is 35.1 Å². The first-order chi connectivity index (χ1) is 11.4. The minimum absolute atomic E-state index is 0.106. The van der Waals surface area contributed by atoms with E-state index in [2.05, 4.69) is 23.4 Å². The number of nitrogens with two attached hydrogens (primary N) is 1. The molecule has 4 N–H and O–H groups in total. The van der Waals surface area contributed by atoms with E-state index >= 15 is 0 Å². The Balaban J connectivity index is 1.60. The van der Waals surface area contributed by atoms with Crippen LogP contribution >= 0.6 is 24.4 Å². The smallest absolute Gasteiger partial charge is 0.319 e. The monoisotopic (exact) mass is 362 g/mol. The average Bonchev–Trinajstić information content (AvgIpc) is 2.83. The van der Waals surface area contributed by atoms with Crippen molar-refractivity contribution < 1.29 is 9.59 Å². The number of rotatable bonds is 3. The zero-order valence-corrected chi connectivity index (χ0v) is 14.2. The second-order valence-electron chi connectivity index (χ2n) is 5.40. The van der Waals surface area contributed by atoms with Crippen LogP contribution in [0.5, 0.6) is 0 Å². The van der Waals surface area contributed by atoms with Gasteiger partial charge in [-0.05, 0) is 35.4 Å². The first-order valence-corrected chi connectivity index (χ1v) is 7.94. The number of thiol groups is 1. The summed E-state index contributed by atoms with van der Waals surface area (Å²) in [5.74, 6) is -0.106. The molecule has 0 unspecified atom stereocenters. The van der Waals surface area contributed by atoms with Gasteiger partial charge in [0.05, 0.1) is 17.3 Å². The average molecular weight is 363 g/mol. The minimum Gasteiger partial charge on any atom is -0.398 e. The van der Waals surface area contributed by atoms with Crippen molar-refractivity contribution in [2.24, 2.45) is 0 Å². The Morgan fingerprint density at radius 1 is 1.29 bits per heavy atom. The highest BCUT2D eigenvalue weighted by molar-refractivity contribution is 7.78. The largest absolute Gasteiger partial charge is 0.398 e. The number of carbonyl (C=O) groups excluding carboxylic acids is 2. The van der Waals surface area contributed by atoms with Gasteiger partial charge in [0.15, 0.2) is 0 Å². The van der Waals surface area contributed by atoms with Crippen LogP contribution in [0.4, 0.5) is 16.2 Å². The van der Waals surface area contributed by atoms with Crippen molar-refractivity contribution in [3.8, 4) is 0 Å². The normalized spacial score (nSPS) is 12.9. The molecule has 8 heteroatoms. The van der Waals surface area contributed by atoms with Gasteiger partial charge in [0.1, 0.15) is 0 Å². The lowest BCUT2D eigenvalue weighted by molar-refractivity contribution is 0.0891. The Morgan fingerprint density at radius 3 is 2.83 bits per heavy atom. The van der Waals surface area contributed by atoms with E-state index in [1.54, 1.807) is 24.3 Å². The van der Waals surface area contributed by atoms with Crippen molar-refractivity contribution in [2.45, 2.75) is 13.1 Å². The molecule has 0 atom stereocenters. The summed E-state index contributed by atoms with van der Waals surface area (Å²) in [7, 11) is 0. The molecule has 0 radical (unpaired) electrons. The standard InChI is InChI=1S/C16H15ClN4O2S/c17-13-6-11(2-4-14(13)18)20-16(23)19-7-9-1-3-12-10(5-9)8-21(24)15(12)22/h1-6,24H,7-8,18H2,(H2,19,20,23).